The summed E-state index contributed by atoms with van der Waals surface area (Å²) in [6.45, 7) is 0.605. The van der Waals surface area contributed by atoms with Gasteiger partial charge in [-0.25, -0.2) is 0 Å². The minimum atomic E-state index is -0.427. The van der Waals surface area contributed by atoms with Gasteiger partial charge in [0.1, 0.15) is 17.9 Å². The lowest BCUT2D eigenvalue weighted by Gasteiger charge is -2.08. The van der Waals surface area contributed by atoms with Gasteiger partial charge < -0.3 is 15.0 Å². The Balaban J connectivity index is 1.57. The highest BCUT2D eigenvalue weighted by Gasteiger charge is 2.11. The molecule has 0 bridgehead atoms. The number of H-pyrrole nitrogens is 1. The fourth-order valence-electron chi connectivity index (χ4n) is 2.42. The molecule has 132 valence electrons. The summed E-state index contributed by atoms with van der Waals surface area (Å²) < 4.78 is 6.47. The van der Waals surface area contributed by atoms with Crippen LogP contribution in [0.2, 0.25) is 0 Å². The van der Waals surface area contributed by atoms with E-state index in [4.69, 9.17) is 4.74 Å². The van der Waals surface area contributed by atoms with Gasteiger partial charge in [0, 0.05) is 10.2 Å². The number of ether oxygens (including phenoxy) is 1. The van der Waals surface area contributed by atoms with Crippen LogP contribution in [0.25, 0.3) is 11.3 Å². The van der Waals surface area contributed by atoms with Crippen LogP contribution in [0.5, 0.6) is 5.75 Å². The van der Waals surface area contributed by atoms with Crippen LogP contribution in [-0.2, 0) is 0 Å². The van der Waals surface area contributed by atoms with E-state index in [0.29, 0.717) is 24.6 Å². The molecule has 3 aromatic rings. The summed E-state index contributed by atoms with van der Waals surface area (Å²) in [5, 5.41) is 2.69. The molecular formula is C20H17BrN2O3. The van der Waals surface area contributed by atoms with E-state index in [1.54, 1.807) is 6.07 Å². The Kier molecular flexibility index (Phi) is 5.86. The maximum atomic E-state index is 12.2. The van der Waals surface area contributed by atoms with Crippen LogP contribution < -0.4 is 15.6 Å². The monoisotopic (exact) mass is 412 g/mol. The second-order valence-corrected chi connectivity index (χ2v) is 6.46. The van der Waals surface area contributed by atoms with Crippen LogP contribution in [0.3, 0.4) is 0 Å². The Morgan fingerprint density at radius 2 is 1.85 bits per heavy atom. The van der Waals surface area contributed by atoms with Crippen LogP contribution in [0.15, 0.2) is 76.0 Å². The van der Waals surface area contributed by atoms with Crippen molar-refractivity contribution in [2.75, 3.05) is 13.2 Å². The largest absolute Gasteiger partial charge is 0.492 e. The molecule has 0 saturated heterocycles. The molecule has 3 rings (SSSR count). The Bertz CT molecular complexity index is 955. The lowest BCUT2D eigenvalue weighted by molar-refractivity contribution is 0.0945. The number of carbonyl (C=O) groups is 1. The van der Waals surface area contributed by atoms with E-state index in [1.165, 1.54) is 6.07 Å². The minimum Gasteiger partial charge on any atom is -0.492 e. The van der Waals surface area contributed by atoms with Gasteiger partial charge in [0.2, 0.25) is 0 Å². The van der Waals surface area contributed by atoms with Gasteiger partial charge in [0.05, 0.1) is 6.54 Å². The molecule has 0 atom stereocenters. The molecule has 2 N–H and O–H groups in total. The van der Waals surface area contributed by atoms with Crippen molar-refractivity contribution in [3.63, 3.8) is 0 Å². The van der Waals surface area contributed by atoms with E-state index in [-0.39, 0.29) is 5.56 Å². The summed E-state index contributed by atoms with van der Waals surface area (Å²) in [6, 6.07) is 20.2. The van der Waals surface area contributed by atoms with Gasteiger partial charge in [-0.1, -0.05) is 52.3 Å². The molecule has 0 unspecified atom stereocenters. The summed E-state index contributed by atoms with van der Waals surface area (Å²) in [6.07, 6.45) is 0. The standard InChI is InChI=1S/C20H17BrN2O3/c21-15-7-4-8-16(13-15)26-12-11-22-19(24)17-9-10-18(23-20(17)25)14-5-2-1-3-6-14/h1-10,13H,11-12H2,(H,22,24)(H,23,25). The quantitative estimate of drug-likeness (QED) is 0.607. The molecule has 1 heterocycles. The van der Waals surface area contributed by atoms with E-state index in [1.807, 2.05) is 54.6 Å². The fourth-order valence-corrected chi connectivity index (χ4v) is 2.80. The highest BCUT2D eigenvalue weighted by Crippen LogP contribution is 2.17. The summed E-state index contributed by atoms with van der Waals surface area (Å²) >= 11 is 3.37. The average molecular weight is 413 g/mol. The van der Waals surface area contributed by atoms with Crippen molar-refractivity contribution < 1.29 is 9.53 Å². The topological polar surface area (TPSA) is 71.2 Å². The Hall–Kier alpha value is -2.86. The molecule has 0 aliphatic carbocycles. The molecule has 1 amide bonds. The van der Waals surface area contributed by atoms with Crippen LogP contribution in [0.1, 0.15) is 10.4 Å². The van der Waals surface area contributed by atoms with Crippen molar-refractivity contribution in [3.05, 3.63) is 87.1 Å². The summed E-state index contributed by atoms with van der Waals surface area (Å²) in [5.74, 6) is 0.280. The predicted molar refractivity (Wildman–Crippen MR) is 104 cm³/mol. The first-order valence-electron chi connectivity index (χ1n) is 8.09. The molecular weight excluding hydrogens is 396 g/mol. The first-order chi connectivity index (χ1) is 12.6. The van der Waals surface area contributed by atoms with Crippen LogP contribution in [0, 0.1) is 0 Å². The number of hydrogen-bond donors (Lipinski definition) is 2. The van der Waals surface area contributed by atoms with E-state index in [9.17, 15) is 9.59 Å². The number of aromatic nitrogens is 1. The third-order valence-corrected chi connectivity index (χ3v) is 4.18. The van der Waals surface area contributed by atoms with Crippen molar-refractivity contribution in [2.45, 2.75) is 0 Å². The minimum absolute atomic E-state index is 0.0761. The van der Waals surface area contributed by atoms with Crippen molar-refractivity contribution in [3.8, 4) is 17.0 Å². The van der Waals surface area contributed by atoms with Gasteiger partial charge >= 0.3 is 0 Å². The summed E-state index contributed by atoms with van der Waals surface area (Å²) in [5.41, 5.74) is 1.22. The number of halogens is 1. The van der Waals surface area contributed by atoms with Gasteiger partial charge in [-0.15, -0.1) is 0 Å². The lowest BCUT2D eigenvalue weighted by atomic mass is 10.1. The molecule has 5 nitrogen and oxygen atoms in total. The van der Waals surface area contributed by atoms with Crippen molar-refractivity contribution >= 4 is 21.8 Å². The maximum Gasteiger partial charge on any atom is 0.261 e. The normalized spacial score (nSPS) is 10.3. The number of benzene rings is 2. The van der Waals surface area contributed by atoms with E-state index in [0.717, 1.165) is 10.0 Å². The summed E-state index contributed by atoms with van der Waals surface area (Å²) in [7, 11) is 0. The van der Waals surface area contributed by atoms with Gasteiger partial charge in [-0.05, 0) is 35.9 Å². The average Bonchev–Trinajstić information content (AvgIpc) is 2.66. The fraction of sp³-hybridized carbons (Fsp3) is 0.100. The number of hydrogen-bond acceptors (Lipinski definition) is 3. The van der Waals surface area contributed by atoms with Gasteiger partial charge in [0.15, 0.2) is 0 Å². The first-order valence-corrected chi connectivity index (χ1v) is 8.88. The molecule has 0 aliphatic heterocycles. The number of carbonyl (C=O) groups excluding carboxylic acids is 1. The van der Waals surface area contributed by atoms with Crippen LogP contribution >= 0.6 is 15.9 Å². The molecule has 0 spiro atoms. The third-order valence-electron chi connectivity index (χ3n) is 3.69. The third kappa shape index (κ3) is 4.61. The van der Waals surface area contributed by atoms with E-state index in [2.05, 4.69) is 26.2 Å². The summed E-state index contributed by atoms with van der Waals surface area (Å²) in [4.78, 5) is 27.1. The molecule has 0 aliphatic rings. The number of nitrogens with one attached hydrogen (secondary N) is 2. The second-order valence-electron chi connectivity index (χ2n) is 5.54. The zero-order valence-electron chi connectivity index (χ0n) is 13.9. The lowest BCUT2D eigenvalue weighted by Crippen LogP contribution is -2.32. The van der Waals surface area contributed by atoms with Crippen LogP contribution in [0.4, 0.5) is 0 Å². The Morgan fingerprint density at radius 3 is 2.58 bits per heavy atom. The maximum absolute atomic E-state index is 12.2. The Labute approximate surface area is 159 Å². The van der Waals surface area contributed by atoms with Crippen LogP contribution in [-0.4, -0.2) is 24.0 Å². The Morgan fingerprint density at radius 1 is 1.04 bits per heavy atom. The second kappa shape index (κ2) is 8.49. The van der Waals surface area contributed by atoms with E-state index < -0.39 is 11.5 Å². The number of rotatable bonds is 6. The molecule has 0 saturated carbocycles. The zero-order valence-corrected chi connectivity index (χ0v) is 15.5. The van der Waals surface area contributed by atoms with Crippen molar-refractivity contribution in [1.29, 1.82) is 0 Å². The van der Waals surface area contributed by atoms with E-state index >= 15 is 0 Å². The first kappa shape index (κ1) is 17.9. The molecule has 1 aromatic heterocycles. The van der Waals surface area contributed by atoms with Crippen molar-refractivity contribution in [1.82, 2.24) is 10.3 Å². The predicted octanol–water partition coefficient (Wildman–Crippen LogP) is 3.61. The molecule has 2 aromatic carbocycles. The SMILES string of the molecule is O=C(NCCOc1cccc(Br)c1)c1ccc(-c2ccccc2)[nH]c1=O. The molecule has 0 radical (unpaired) electrons. The number of amides is 1. The number of pyridine rings is 1. The van der Waals surface area contributed by atoms with Gasteiger partial charge in [-0.2, -0.15) is 0 Å². The highest BCUT2D eigenvalue weighted by molar-refractivity contribution is 9.10. The highest BCUT2D eigenvalue weighted by atomic mass is 79.9. The van der Waals surface area contributed by atoms with Gasteiger partial charge in [-0.3, -0.25) is 9.59 Å². The molecule has 26 heavy (non-hydrogen) atoms. The number of aromatic amines is 1. The smallest absolute Gasteiger partial charge is 0.261 e. The molecule has 6 heteroatoms. The van der Waals surface area contributed by atoms with Gasteiger partial charge in [0.25, 0.3) is 11.5 Å². The molecule has 0 fully saturated rings. The zero-order chi connectivity index (χ0) is 18.4. The van der Waals surface area contributed by atoms with Crippen molar-refractivity contribution in [2.24, 2.45) is 0 Å².